The molecule has 1 aliphatic heterocycles. The molecule has 0 fully saturated rings. The van der Waals surface area contributed by atoms with Crippen LogP contribution in [0, 0.1) is 0 Å². The highest BCUT2D eigenvalue weighted by atomic mass is 16.5. The zero-order chi connectivity index (χ0) is 22.5. The number of benzene rings is 3. The number of hydrogen-bond donors (Lipinski definition) is 1. The summed E-state index contributed by atoms with van der Waals surface area (Å²) in [5, 5.41) is 3.17. The van der Waals surface area contributed by atoms with Gasteiger partial charge >= 0.3 is 0 Å². The van der Waals surface area contributed by atoms with Crippen LogP contribution in [-0.4, -0.2) is 18.9 Å². The molecule has 0 aliphatic carbocycles. The summed E-state index contributed by atoms with van der Waals surface area (Å²) < 4.78 is 5.29. The van der Waals surface area contributed by atoms with Gasteiger partial charge in [-0.3, -0.25) is 9.59 Å². The summed E-state index contributed by atoms with van der Waals surface area (Å²) in [4.78, 5) is 28.2. The highest BCUT2D eigenvalue weighted by molar-refractivity contribution is 6.46. The predicted molar refractivity (Wildman–Crippen MR) is 128 cm³/mol. The van der Waals surface area contributed by atoms with Crippen molar-refractivity contribution in [3.63, 3.8) is 0 Å². The molecule has 0 saturated carbocycles. The molecule has 3 aromatic carbocycles. The second kappa shape index (κ2) is 9.52. The minimum absolute atomic E-state index is 0.254. The molecule has 0 bridgehead atoms. The fourth-order valence-corrected chi connectivity index (χ4v) is 3.79. The predicted octanol–water partition coefficient (Wildman–Crippen LogP) is 5.43. The molecule has 4 rings (SSSR count). The molecule has 5 heteroatoms. The average Bonchev–Trinajstić information content (AvgIpc) is 3.08. The first-order valence-electron chi connectivity index (χ1n) is 10.8. The second-order valence-electron chi connectivity index (χ2n) is 7.69. The first kappa shape index (κ1) is 21.4. The number of unbranched alkanes of at least 4 members (excludes halogenated alkanes) is 1. The molecule has 0 unspecified atom stereocenters. The van der Waals surface area contributed by atoms with Crippen molar-refractivity contribution < 1.29 is 14.3 Å². The number of aryl methyl sites for hydroxylation is 1. The molecule has 0 aromatic heterocycles. The van der Waals surface area contributed by atoms with Crippen LogP contribution in [0.1, 0.15) is 30.9 Å². The van der Waals surface area contributed by atoms with Crippen molar-refractivity contribution in [1.82, 2.24) is 0 Å². The number of hydrogen-bond acceptors (Lipinski definition) is 4. The Morgan fingerprint density at radius 2 is 1.62 bits per heavy atom. The van der Waals surface area contributed by atoms with E-state index in [4.69, 9.17) is 4.74 Å². The molecule has 2 amide bonds. The fourth-order valence-electron chi connectivity index (χ4n) is 3.79. The topological polar surface area (TPSA) is 58.6 Å². The summed E-state index contributed by atoms with van der Waals surface area (Å²) in [7, 11) is 1.59. The summed E-state index contributed by atoms with van der Waals surface area (Å²) in [5.41, 5.74) is 3.73. The lowest BCUT2D eigenvalue weighted by atomic mass is 10.0. The van der Waals surface area contributed by atoms with E-state index in [0.717, 1.165) is 19.3 Å². The number of carbonyl (C=O) groups is 2. The summed E-state index contributed by atoms with van der Waals surface area (Å²) in [6.07, 6.45) is 3.21. The number of anilines is 2. The summed E-state index contributed by atoms with van der Waals surface area (Å²) in [5.74, 6) is -0.0564. The molecular formula is C27H26N2O3. The second-order valence-corrected chi connectivity index (χ2v) is 7.69. The molecule has 1 aliphatic rings. The summed E-state index contributed by atoms with van der Waals surface area (Å²) in [6.45, 7) is 2.16. The van der Waals surface area contributed by atoms with Gasteiger partial charge in [0.25, 0.3) is 11.8 Å². The Morgan fingerprint density at radius 3 is 2.31 bits per heavy atom. The Labute approximate surface area is 188 Å². The van der Waals surface area contributed by atoms with Crippen LogP contribution in [0.4, 0.5) is 11.4 Å². The van der Waals surface area contributed by atoms with Gasteiger partial charge in [-0.1, -0.05) is 61.9 Å². The van der Waals surface area contributed by atoms with Gasteiger partial charge in [-0.15, -0.1) is 0 Å². The van der Waals surface area contributed by atoms with E-state index in [1.807, 2.05) is 72.8 Å². The number of carbonyl (C=O) groups excluding carboxylic acids is 2. The van der Waals surface area contributed by atoms with Gasteiger partial charge in [0.2, 0.25) is 0 Å². The number of imide groups is 1. The third kappa shape index (κ3) is 4.28. The highest BCUT2D eigenvalue weighted by Crippen LogP contribution is 2.34. The van der Waals surface area contributed by atoms with E-state index in [1.165, 1.54) is 10.5 Å². The Bertz CT molecular complexity index is 1150. The zero-order valence-corrected chi connectivity index (χ0v) is 18.3. The van der Waals surface area contributed by atoms with Crippen LogP contribution in [0.5, 0.6) is 5.75 Å². The SMILES string of the molecule is CCCCc1ccc(N2C(=O)C(Nc3cccc(OC)c3)=C(c3ccccc3)C2=O)cc1. The van der Waals surface area contributed by atoms with E-state index < -0.39 is 0 Å². The van der Waals surface area contributed by atoms with Crippen LogP contribution in [0.2, 0.25) is 0 Å². The van der Waals surface area contributed by atoms with Crippen LogP contribution in [-0.2, 0) is 16.0 Å². The first-order chi connectivity index (χ1) is 15.6. The van der Waals surface area contributed by atoms with Gasteiger partial charge in [-0.05, 0) is 48.2 Å². The van der Waals surface area contributed by atoms with Gasteiger partial charge < -0.3 is 10.1 Å². The van der Waals surface area contributed by atoms with Gasteiger partial charge in [0, 0.05) is 11.8 Å². The molecular weight excluding hydrogens is 400 g/mol. The Kier molecular flexibility index (Phi) is 6.36. The molecule has 162 valence electrons. The largest absolute Gasteiger partial charge is 0.497 e. The quantitative estimate of drug-likeness (QED) is 0.488. The van der Waals surface area contributed by atoms with Crippen molar-refractivity contribution in [2.75, 3.05) is 17.3 Å². The summed E-state index contributed by atoms with van der Waals surface area (Å²) >= 11 is 0. The van der Waals surface area contributed by atoms with Crippen LogP contribution in [0.15, 0.2) is 84.6 Å². The van der Waals surface area contributed by atoms with E-state index in [0.29, 0.717) is 28.3 Å². The van der Waals surface area contributed by atoms with Gasteiger partial charge in [0.1, 0.15) is 11.4 Å². The van der Waals surface area contributed by atoms with Crippen LogP contribution < -0.4 is 15.0 Å². The maximum Gasteiger partial charge on any atom is 0.282 e. The number of nitrogens with zero attached hydrogens (tertiary/aromatic N) is 1. The minimum Gasteiger partial charge on any atom is -0.497 e. The van der Waals surface area contributed by atoms with Crippen LogP contribution in [0.25, 0.3) is 5.57 Å². The maximum atomic E-state index is 13.5. The third-order valence-electron chi connectivity index (χ3n) is 5.50. The molecule has 0 atom stereocenters. The highest BCUT2D eigenvalue weighted by Gasteiger charge is 2.40. The molecule has 1 heterocycles. The van der Waals surface area contributed by atoms with Crippen LogP contribution in [0.3, 0.4) is 0 Å². The molecule has 3 aromatic rings. The number of rotatable bonds is 8. The van der Waals surface area contributed by atoms with E-state index in [1.54, 1.807) is 13.2 Å². The minimum atomic E-state index is -0.377. The van der Waals surface area contributed by atoms with Gasteiger partial charge in [0.15, 0.2) is 0 Å². The average molecular weight is 427 g/mol. The Balaban J connectivity index is 1.71. The Hall–Kier alpha value is -3.86. The van der Waals surface area contributed by atoms with Gasteiger partial charge in [0.05, 0.1) is 18.4 Å². The van der Waals surface area contributed by atoms with Gasteiger partial charge in [-0.2, -0.15) is 0 Å². The molecule has 5 nitrogen and oxygen atoms in total. The number of nitrogens with one attached hydrogen (secondary N) is 1. The first-order valence-corrected chi connectivity index (χ1v) is 10.8. The molecule has 1 N–H and O–H groups in total. The lowest BCUT2D eigenvalue weighted by Crippen LogP contribution is -2.32. The number of methoxy groups -OCH3 is 1. The van der Waals surface area contributed by atoms with Crippen molar-refractivity contribution in [3.05, 3.63) is 95.7 Å². The van der Waals surface area contributed by atoms with Crippen LogP contribution >= 0.6 is 0 Å². The standard InChI is InChI=1S/C27H26N2O3/c1-3-4-9-19-14-16-22(17-15-19)29-26(30)24(20-10-6-5-7-11-20)25(27(29)31)28-21-12-8-13-23(18-21)32-2/h5-8,10-18,28H,3-4,9H2,1-2H3. The van der Waals surface area contributed by atoms with E-state index in [2.05, 4.69) is 12.2 Å². The molecule has 32 heavy (non-hydrogen) atoms. The fraction of sp³-hybridized carbons (Fsp3) is 0.185. The zero-order valence-electron chi connectivity index (χ0n) is 18.3. The van der Waals surface area contributed by atoms with E-state index >= 15 is 0 Å². The molecule has 0 radical (unpaired) electrons. The molecule has 0 spiro atoms. The van der Waals surface area contributed by atoms with Crippen molar-refractivity contribution >= 4 is 28.8 Å². The molecule has 0 saturated heterocycles. The van der Waals surface area contributed by atoms with Crippen molar-refractivity contribution in [3.8, 4) is 5.75 Å². The van der Waals surface area contributed by atoms with Crippen molar-refractivity contribution in [2.45, 2.75) is 26.2 Å². The van der Waals surface area contributed by atoms with Crippen molar-refractivity contribution in [2.24, 2.45) is 0 Å². The van der Waals surface area contributed by atoms with E-state index in [9.17, 15) is 9.59 Å². The smallest absolute Gasteiger partial charge is 0.282 e. The third-order valence-corrected chi connectivity index (χ3v) is 5.50. The maximum absolute atomic E-state index is 13.5. The lowest BCUT2D eigenvalue weighted by molar-refractivity contribution is -0.120. The lowest BCUT2D eigenvalue weighted by Gasteiger charge is -2.16. The van der Waals surface area contributed by atoms with E-state index in [-0.39, 0.29) is 17.5 Å². The van der Waals surface area contributed by atoms with Gasteiger partial charge in [-0.25, -0.2) is 4.90 Å². The Morgan fingerprint density at radius 1 is 0.875 bits per heavy atom. The normalized spacial score (nSPS) is 13.6. The number of ether oxygens (including phenoxy) is 1. The number of amides is 2. The monoisotopic (exact) mass is 426 g/mol. The summed E-state index contributed by atoms with van der Waals surface area (Å²) in [6, 6.07) is 24.2. The van der Waals surface area contributed by atoms with Crippen molar-refractivity contribution in [1.29, 1.82) is 0 Å².